The average Bonchev–Trinajstić information content (AvgIpc) is 3.26. The second kappa shape index (κ2) is 8.87. The molecule has 1 saturated carbocycles. The highest BCUT2D eigenvalue weighted by molar-refractivity contribution is 7.97. The van der Waals surface area contributed by atoms with Crippen molar-refractivity contribution in [2.75, 3.05) is 24.7 Å². The van der Waals surface area contributed by atoms with Crippen LogP contribution in [0.4, 0.5) is 5.69 Å². The van der Waals surface area contributed by atoms with Crippen molar-refractivity contribution in [3.63, 3.8) is 0 Å². The van der Waals surface area contributed by atoms with Crippen molar-refractivity contribution in [3.05, 3.63) is 62.4 Å². The molecule has 2 aromatic heterocycles. The number of aromatic nitrogens is 3. The van der Waals surface area contributed by atoms with E-state index in [1.165, 1.54) is 11.9 Å². The number of carbonyl (C=O) groups is 1. The van der Waals surface area contributed by atoms with E-state index in [-0.39, 0.29) is 28.4 Å². The first-order valence-electron chi connectivity index (χ1n) is 11.3. The van der Waals surface area contributed by atoms with E-state index in [1.54, 1.807) is 23.0 Å². The quantitative estimate of drug-likeness (QED) is 0.353. The Balaban J connectivity index is 1.57. The van der Waals surface area contributed by atoms with E-state index in [4.69, 9.17) is 16.6 Å². The summed E-state index contributed by atoms with van der Waals surface area (Å²) in [7, 11) is 1.82. The van der Waals surface area contributed by atoms with Crippen LogP contribution in [-0.4, -0.2) is 39.8 Å². The van der Waals surface area contributed by atoms with Crippen LogP contribution in [0.15, 0.2) is 29.1 Å². The number of nitrogens with zero attached hydrogens (tertiary/aromatic N) is 3. The summed E-state index contributed by atoms with van der Waals surface area (Å²) in [5, 5.41) is 7.66. The van der Waals surface area contributed by atoms with Crippen LogP contribution in [0.1, 0.15) is 46.3 Å². The topological polar surface area (TPSA) is 101 Å². The van der Waals surface area contributed by atoms with Gasteiger partial charge in [-0.05, 0) is 62.5 Å². The molecule has 3 heterocycles. The number of fused-ring (bicyclic) bond motifs is 2. The van der Waals surface area contributed by atoms with Crippen molar-refractivity contribution in [2.45, 2.75) is 25.8 Å². The van der Waals surface area contributed by atoms with Gasteiger partial charge in [-0.3, -0.25) is 18.9 Å². The maximum Gasteiger partial charge on any atom is 0.281 e. The van der Waals surface area contributed by atoms with Crippen LogP contribution in [0.5, 0.6) is 0 Å². The largest absolute Gasteiger partial charge is 0.377 e. The molecule has 178 valence electrons. The Hall–Kier alpha value is -2.62. The first-order valence-corrected chi connectivity index (χ1v) is 12.9. The van der Waals surface area contributed by atoms with Crippen molar-refractivity contribution < 1.29 is 4.79 Å². The fourth-order valence-electron chi connectivity index (χ4n) is 5.18. The monoisotopic (exact) mass is 498 g/mol. The zero-order valence-electron chi connectivity index (χ0n) is 19.5. The van der Waals surface area contributed by atoms with Crippen LogP contribution < -0.4 is 20.9 Å². The summed E-state index contributed by atoms with van der Waals surface area (Å²) in [6.07, 6.45) is 1.77. The number of anilines is 1. The molecule has 2 aliphatic rings. The fourth-order valence-corrected chi connectivity index (χ4v) is 5.60. The Morgan fingerprint density at radius 3 is 2.71 bits per heavy atom. The summed E-state index contributed by atoms with van der Waals surface area (Å²) >= 11 is 7.26. The van der Waals surface area contributed by atoms with Crippen LogP contribution in [0.3, 0.4) is 0 Å². The SMILES string of the molecule is CSNC(=O)c1nc(Cl)ccc1NC(C)c1cc(C)cc2c(=O)n(C)c(C3C4CNCC43)nc12. The number of benzene rings is 1. The molecule has 8 nitrogen and oxygen atoms in total. The predicted octanol–water partition coefficient (Wildman–Crippen LogP) is 3.40. The fraction of sp³-hybridized carbons (Fsp3) is 0.417. The molecule has 3 unspecified atom stereocenters. The number of carbonyl (C=O) groups excluding carboxylic acids is 1. The Bertz CT molecular complexity index is 1350. The van der Waals surface area contributed by atoms with Crippen molar-refractivity contribution in [1.82, 2.24) is 24.6 Å². The summed E-state index contributed by atoms with van der Waals surface area (Å²) in [6.45, 7) is 5.92. The van der Waals surface area contributed by atoms with Crippen molar-refractivity contribution in [2.24, 2.45) is 18.9 Å². The minimum atomic E-state index is -0.332. The molecule has 1 aliphatic heterocycles. The molecular formula is C24H27ClN6O2S. The van der Waals surface area contributed by atoms with E-state index in [2.05, 4.69) is 26.4 Å². The number of hydrogen-bond acceptors (Lipinski definition) is 7. The molecule has 2 fully saturated rings. The van der Waals surface area contributed by atoms with Gasteiger partial charge in [0.15, 0.2) is 5.69 Å². The molecule has 1 aromatic carbocycles. The number of aryl methyl sites for hydroxylation is 1. The van der Waals surface area contributed by atoms with E-state index in [0.717, 1.165) is 30.0 Å². The van der Waals surface area contributed by atoms with Crippen molar-refractivity contribution in [3.8, 4) is 0 Å². The number of hydrogen-bond donors (Lipinski definition) is 3. The first kappa shape index (κ1) is 23.1. The van der Waals surface area contributed by atoms with Crippen LogP contribution in [0.25, 0.3) is 10.9 Å². The van der Waals surface area contributed by atoms with E-state index in [1.807, 2.05) is 27.0 Å². The van der Waals surface area contributed by atoms with Crippen molar-refractivity contribution >= 4 is 46.0 Å². The van der Waals surface area contributed by atoms with E-state index in [9.17, 15) is 9.59 Å². The molecule has 3 aromatic rings. The normalized spacial score (nSPS) is 21.9. The summed E-state index contributed by atoms with van der Waals surface area (Å²) in [5.41, 5.74) is 3.34. The predicted molar refractivity (Wildman–Crippen MR) is 137 cm³/mol. The molecule has 3 atom stereocenters. The number of rotatable bonds is 6. The van der Waals surface area contributed by atoms with Gasteiger partial charge in [0.1, 0.15) is 11.0 Å². The van der Waals surface area contributed by atoms with Crippen LogP contribution >= 0.6 is 23.5 Å². The molecule has 34 heavy (non-hydrogen) atoms. The number of piperidine rings is 1. The van der Waals surface area contributed by atoms with Gasteiger partial charge in [-0.1, -0.05) is 29.6 Å². The van der Waals surface area contributed by atoms with E-state index < -0.39 is 0 Å². The summed E-state index contributed by atoms with van der Waals surface area (Å²) < 4.78 is 4.42. The smallest absolute Gasteiger partial charge is 0.281 e. The van der Waals surface area contributed by atoms with Crippen LogP contribution in [0.2, 0.25) is 5.15 Å². The van der Waals surface area contributed by atoms with Gasteiger partial charge in [-0.2, -0.15) is 0 Å². The van der Waals surface area contributed by atoms with Crippen molar-refractivity contribution in [1.29, 1.82) is 0 Å². The second-order valence-corrected chi connectivity index (χ2v) is 10.1. The van der Waals surface area contributed by atoms with Crippen LogP contribution in [-0.2, 0) is 7.05 Å². The molecule has 0 radical (unpaired) electrons. The molecule has 0 bridgehead atoms. The highest BCUT2D eigenvalue weighted by Gasteiger charge is 2.55. The molecule has 0 spiro atoms. The second-order valence-electron chi connectivity index (χ2n) is 9.13. The standard InChI is InChI=1S/C24H27ClN6O2S/c1-11-7-13(12(2)27-17-5-6-18(25)28-21(17)23(32)30-34-4)20-14(8-11)24(33)31(3)22(29-20)19-15-9-26-10-16(15)19/h5-8,12,15-16,19,26-27H,9-10H2,1-4H3,(H,30,32). The lowest BCUT2D eigenvalue weighted by Gasteiger charge is -2.21. The minimum absolute atomic E-state index is 0.0247. The minimum Gasteiger partial charge on any atom is -0.377 e. The van der Waals surface area contributed by atoms with Gasteiger partial charge >= 0.3 is 0 Å². The maximum absolute atomic E-state index is 13.3. The molecule has 3 N–H and O–H groups in total. The van der Waals surface area contributed by atoms with E-state index >= 15 is 0 Å². The number of halogens is 1. The third-order valence-electron chi connectivity index (χ3n) is 6.89. The third kappa shape index (κ3) is 3.95. The molecule has 1 aliphatic carbocycles. The van der Waals surface area contributed by atoms with Gasteiger partial charge in [0.2, 0.25) is 0 Å². The van der Waals surface area contributed by atoms with Gasteiger partial charge in [0, 0.05) is 24.8 Å². The van der Waals surface area contributed by atoms with Gasteiger partial charge < -0.3 is 10.6 Å². The van der Waals surface area contributed by atoms with Gasteiger partial charge in [0.05, 0.1) is 22.6 Å². The summed E-state index contributed by atoms with van der Waals surface area (Å²) in [4.78, 5) is 35.2. The third-order valence-corrected chi connectivity index (χ3v) is 7.49. The molecule has 1 amide bonds. The number of pyridine rings is 1. The molecule has 5 rings (SSSR count). The molecule has 1 saturated heterocycles. The molecule has 10 heteroatoms. The lowest BCUT2D eigenvalue weighted by Crippen LogP contribution is -2.25. The first-order chi connectivity index (χ1) is 16.3. The molecular weight excluding hydrogens is 472 g/mol. The highest BCUT2D eigenvalue weighted by atomic mass is 35.5. The number of amides is 1. The maximum atomic E-state index is 13.3. The Kier molecular flexibility index (Phi) is 6.03. The zero-order valence-corrected chi connectivity index (χ0v) is 21.0. The Morgan fingerprint density at radius 2 is 2.00 bits per heavy atom. The highest BCUT2D eigenvalue weighted by Crippen LogP contribution is 2.55. The Labute approximate surface area is 207 Å². The lowest BCUT2D eigenvalue weighted by atomic mass is 10.0. The lowest BCUT2D eigenvalue weighted by molar-refractivity contribution is 0.0980. The summed E-state index contributed by atoms with van der Waals surface area (Å²) in [5.74, 6) is 1.96. The summed E-state index contributed by atoms with van der Waals surface area (Å²) in [6, 6.07) is 7.11. The van der Waals surface area contributed by atoms with Gasteiger partial charge in [-0.15, -0.1) is 0 Å². The number of nitrogens with one attached hydrogen (secondary N) is 3. The van der Waals surface area contributed by atoms with Crippen LogP contribution in [0, 0.1) is 18.8 Å². The average molecular weight is 499 g/mol. The van der Waals surface area contributed by atoms with E-state index in [0.29, 0.717) is 34.3 Å². The Morgan fingerprint density at radius 1 is 1.26 bits per heavy atom. The van der Waals surface area contributed by atoms with Gasteiger partial charge in [0.25, 0.3) is 11.5 Å². The zero-order chi connectivity index (χ0) is 24.1. The van der Waals surface area contributed by atoms with Gasteiger partial charge in [-0.25, -0.2) is 9.97 Å².